The number of halogens is 2. The second-order valence-corrected chi connectivity index (χ2v) is 5.57. The summed E-state index contributed by atoms with van der Waals surface area (Å²) in [4.78, 5) is 14.1. The zero-order chi connectivity index (χ0) is 15.6. The molecule has 0 spiro atoms. The van der Waals surface area contributed by atoms with Gasteiger partial charge in [-0.25, -0.2) is 8.78 Å². The molecular formula is C15H20F2N2O2. The Morgan fingerprint density at radius 2 is 2.14 bits per heavy atom. The molecule has 3 atom stereocenters. The molecule has 6 heteroatoms. The number of aliphatic hydroxyl groups excluding tert-OH is 1. The van der Waals surface area contributed by atoms with Gasteiger partial charge in [0, 0.05) is 12.6 Å². The molecule has 1 heterocycles. The molecule has 3 unspecified atom stereocenters. The molecular weight excluding hydrogens is 278 g/mol. The minimum Gasteiger partial charge on any atom is -0.393 e. The van der Waals surface area contributed by atoms with Crippen molar-refractivity contribution in [1.82, 2.24) is 4.90 Å². The van der Waals surface area contributed by atoms with Crippen molar-refractivity contribution in [3.8, 4) is 0 Å². The van der Waals surface area contributed by atoms with Gasteiger partial charge < -0.3 is 10.4 Å². The minimum absolute atomic E-state index is 0.0282. The lowest BCUT2D eigenvalue weighted by Crippen LogP contribution is -2.41. The van der Waals surface area contributed by atoms with Crippen LogP contribution >= 0.6 is 0 Å². The lowest BCUT2D eigenvalue weighted by Gasteiger charge is -2.24. The molecule has 0 aliphatic carbocycles. The van der Waals surface area contributed by atoms with Crippen LogP contribution in [0.1, 0.15) is 20.3 Å². The summed E-state index contributed by atoms with van der Waals surface area (Å²) in [6.45, 7) is 4.84. The summed E-state index contributed by atoms with van der Waals surface area (Å²) in [5, 5.41) is 12.0. The van der Waals surface area contributed by atoms with E-state index in [9.17, 15) is 18.7 Å². The van der Waals surface area contributed by atoms with Crippen molar-refractivity contribution >= 4 is 11.6 Å². The number of carbonyl (C=O) groups excluding carboxylic acids is 1. The highest BCUT2D eigenvalue weighted by molar-refractivity contribution is 5.94. The number of nitrogens with one attached hydrogen (secondary N) is 1. The van der Waals surface area contributed by atoms with Gasteiger partial charge in [-0.05, 0) is 44.9 Å². The molecule has 4 nitrogen and oxygen atoms in total. The van der Waals surface area contributed by atoms with Crippen LogP contribution in [-0.2, 0) is 4.79 Å². The molecule has 1 saturated heterocycles. The second kappa shape index (κ2) is 6.49. The maximum atomic E-state index is 13.5. The van der Waals surface area contributed by atoms with Gasteiger partial charge >= 0.3 is 0 Å². The van der Waals surface area contributed by atoms with E-state index in [1.165, 1.54) is 6.07 Å². The third-order valence-corrected chi connectivity index (χ3v) is 4.05. The van der Waals surface area contributed by atoms with E-state index >= 15 is 0 Å². The highest BCUT2D eigenvalue weighted by Crippen LogP contribution is 2.22. The highest BCUT2D eigenvalue weighted by Gasteiger charge is 2.31. The second-order valence-electron chi connectivity index (χ2n) is 5.57. The highest BCUT2D eigenvalue weighted by atomic mass is 19.1. The van der Waals surface area contributed by atoms with E-state index in [2.05, 4.69) is 5.32 Å². The normalized spacial score (nSPS) is 22.0. The van der Waals surface area contributed by atoms with Crippen molar-refractivity contribution < 1.29 is 18.7 Å². The Labute approximate surface area is 122 Å². The molecule has 1 aliphatic heterocycles. The largest absolute Gasteiger partial charge is 0.393 e. The predicted molar refractivity (Wildman–Crippen MR) is 75.8 cm³/mol. The van der Waals surface area contributed by atoms with E-state index in [-0.39, 0.29) is 17.5 Å². The fraction of sp³-hybridized carbons (Fsp3) is 0.533. The summed E-state index contributed by atoms with van der Waals surface area (Å²) in [6, 6.07) is 2.61. The van der Waals surface area contributed by atoms with Crippen molar-refractivity contribution in [3.05, 3.63) is 29.8 Å². The third-order valence-electron chi connectivity index (χ3n) is 4.05. The fourth-order valence-electron chi connectivity index (χ4n) is 2.55. The van der Waals surface area contributed by atoms with Gasteiger partial charge in [-0.2, -0.15) is 0 Å². The van der Waals surface area contributed by atoms with Crippen LogP contribution in [0.3, 0.4) is 0 Å². The number of carbonyl (C=O) groups is 1. The molecule has 1 fully saturated rings. The summed E-state index contributed by atoms with van der Waals surface area (Å²) in [6.07, 6.45) is 0.431. The zero-order valence-electron chi connectivity index (χ0n) is 12.1. The van der Waals surface area contributed by atoms with Gasteiger partial charge in [-0.15, -0.1) is 0 Å². The number of nitrogens with zero attached hydrogens (tertiary/aromatic N) is 1. The maximum Gasteiger partial charge on any atom is 0.241 e. The van der Waals surface area contributed by atoms with Crippen LogP contribution in [0.25, 0.3) is 0 Å². The molecule has 0 saturated carbocycles. The van der Waals surface area contributed by atoms with Crippen LogP contribution in [0, 0.1) is 17.6 Å². The number of hydrogen-bond acceptors (Lipinski definition) is 3. The molecule has 1 aromatic rings. The van der Waals surface area contributed by atoms with Crippen LogP contribution in [0.15, 0.2) is 18.2 Å². The van der Waals surface area contributed by atoms with Crippen LogP contribution in [0.2, 0.25) is 0 Å². The lowest BCUT2D eigenvalue weighted by molar-refractivity contribution is -0.120. The van der Waals surface area contributed by atoms with Gasteiger partial charge in [0.25, 0.3) is 0 Å². The van der Waals surface area contributed by atoms with E-state index in [0.29, 0.717) is 6.54 Å². The standard InChI is InChI=1S/C15H20F2N2O2/c1-9(19-6-5-11(8-19)10(2)20)15(21)18-14-4-3-12(16)7-13(14)17/h3-4,7,9-11,20H,5-6,8H2,1-2H3,(H,18,21). The monoisotopic (exact) mass is 298 g/mol. The first-order valence-electron chi connectivity index (χ1n) is 7.06. The average molecular weight is 298 g/mol. The summed E-state index contributed by atoms with van der Waals surface area (Å²) < 4.78 is 26.3. The van der Waals surface area contributed by atoms with Crippen LogP contribution in [0.4, 0.5) is 14.5 Å². The third kappa shape index (κ3) is 3.77. The SMILES string of the molecule is CC(O)C1CCN(C(C)C(=O)Nc2ccc(F)cc2F)C1. The molecule has 21 heavy (non-hydrogen) atoms. The Kier molecular flexibility index (Phi) is 4.90. The zero-order valence-corrected chi connectivity index (χ0v) is 12.1. The number of hydrogen-bond donors (Lipinski definition) is 2. The first-order valence-corrected chi connectivity index (χ1v) is 7.06. The van der Waals surface area contributed by atoms with Gasteiger partial charge in [0.05, 0.1) is 17.8 Å². The Morgan fingerprint density at radius 1 is 1.43 bits per heavy atom. The predicted octanol–water partition coefficient (Wildman–Crippen LogP) is 1.99. The van der Waals surface area contributed by atoms with Crippen LogP contribution in [0.5, 0.6) is 0 Å². The topological polar surface area (TPSA) is 52.6 Å². The fourth-order valence-corrected chi connectivity index (χ4v) is 2.55. The Bertz CT molecular complexity index is 522. The molecule has 2 N–H and O–H groups in total. The van der Waals surface area contributed by atoms with Crippen molar-refractivity contribution in [1.29, 1.82) is 0 Å². The van der Waals surface area contributed by atoms with Gasteiger partial charge in [0.2, 0.25) is 5.91 Å². The van der Waals surface area contributed by atoms with Crippen molar-refractivity contribution in [2.24, 2.45) is 5.92 Å². The van der Waals surface area contributed by atoms with E-state index in [0.717, 1.165) is 25.1 Å². The van der Waals surface area contributed by atoms with Gasteiger partial charge in [-0.3, -0.25) is 9.69 Å². The first-order chi connectivity index (χ1) is 9.88. The molecule has 0 radical (unpaired) electrons. The van der Waals surface area contributed by atoms with E-state index in [1.54, 1.807) is 13.8 Å². The Balaban J connectivity index is 1.97. The summed E-state index contributed by atoms with van der Waals surface area (Å²) in [5.74, 6) is -1.66. The molecule has 1 aromatic carbocycles. The number of likely N-dealkylation sites (tertiary alicyclic amines) is 1. The smallest absolute Gasteiger partial charge is 0.241 e. The average Bonchev–Trinajstić information content (AvgIpc) is 2.90. The van der Waals surface area contributed by atoms with E-state index in [4.69, 9.17) is 0 Å². The summed E-state index contributed by atoms with van der Waals surface area (Å²) in [7, 11) is 0. The lowest BCUT2D eigenvalue weighted by atomic mass is 10.0. The molecule has 2 rings (SSSR count). The summed E-state index contributed by atoms with van der Waals surface area (Å²) in [5.41, 5.74) is -0.0282. The molecule has 1 aliphatic rings. The van der Waals surface area contributed by atoms with Gasteiger partial charge in [0.15, 0.2) is 0 Å². The molecule has 116 valence electrons. The van der Waals surface area contributed by atoms with Crippen molar-refractivity contribution in [2.75, 3.05) is 18.4 Å². The maximum absolute atomic E-state index is 13.5. The minimum atomic E-state index is -0.793. The number of benzene rings is 1. The quantitative estimate of drug-likeness (QED) is 0.894. The Hall–Kier alpha value is -1.53. The number of rotatable bonds is 4. The number of anilines is 1. The van der Waals surface area contributed by atoms with Crippen molar-refractivity contribution in [2.45, 2.75) is 32.4 Å². The van der Waals surface area contributed by atoms with Crippen molar-refractivity contribution in [3.63, 3.8) is 0 Å². The number of aliphatic hydroxyl groups is 1. The molecule has 1 amide bonds. The van der Waals surface area contributed by atoms with E-state index in [1.807, 2.05) is 4.90 Å². The van der Waals surface area contributed by atoms with Gasteiger partial charge in [0.1, 0.15) is 11.6 Å². The molecule has 0 bridgehead atoms. The van der Waals surface area contributed by atoms with Crippen LogP contribution in [-0.4, -0.2) is 41.1 Å². The molecule has 0 aromatic heterocycles. The van der Waals surface area contributed by atoms with Crippen LogP contribution < -0.4 is 5.32 Å². The van der Waals surface area contributed by atoms with Gasteiger partial charge in [-0.1, -0.05) is 0 Å². The first kappa shape index (κ1) is 15.9. The summed E-state index contributed by atoms with van der Waals surface area (Å²) >= 11 is 0. The Morgan fingerprint density at radius 3 is 2.71 bits per heavy atom. The number of amides is 1. The van der Waals surface area contributed by atoms with E-state index < -0.39 is 23.8 Å².